The standard InChI is InChI=1S/C24H22N2O3/c27-22(25-17-18-7-3-1-4-8-18)24(15-16-24)23(28)26-19-11-13-21(14-12-19)29-20-9-5-2-6-10-20/h1-14H,15-17H2,(H,25,27)(H,26,28). The summed E-state index contributed by atoms with van der Waals surface area (Å²) >= 11 is 0. The summed E-state index contributed by atoms with van der Waals surface area (Å²) in [5.41, 5.74) is 0.678. The van der Waals surface area contributed by atoms with E-state index in [9.17, 15) is 9.59 Å². The summed E-state index contributed by atoms with van der Waals surface area (Å²) in [4.78, 5) is 25.3. The highest BCUT2D eigenvalue weighted by Crippen LogP contribution is 2.47. The van der Waals surface area contributed by atoms with E-state index in [2.05, 4.69) is 10.6 Å². The number of para-hydroxylation sites is 1. The number of nitrogens with one attached hydrogen (secondary N) is 2. The molecule has 3 aromatic rings. The second-order valence-corrected chi connectivity index (χ2v) is 7.14. The van der Waals surface area contributed by atoms with E-state index < -0.39 is 5.41 Å². The average Bonchev–Trinajstić information content (AvgIpc) is 3.57. The van der Waals surface area contributed by atoms with Gasteiger partial charge < -0.3 is 15.4 Å². The minimum atomic E-state index is -0.964. The van der Waals surface area contributed by atoms with Crippen molar-refractivity contribution in [2.24, 2.45) is 5.41 Å². The molecule has 5 heteroatoms. The quantitative estimate of drug-likeness (QED) is 0.587. The largest absolute Gasteiger partial charge is 0.457 e. The first-order valence-corrected chi connectivity index (χ1v) is 9.62. The molecular formula is C24H22N2O3. The molecule has 1 aliphatic rings. The van der Waals surface area contributed by atoms with E-state index in [-0.39, 0.29) is 11.8 Å². The molecule has 0 spiro atoms. The van der Waals surface area contributed by atoms with Crippen molar-refractivity contribution < 1.29 is 14.3 Å². The Morgan fingerprint density at radius 3 is 1.97 bits per heavy atom. The molecule has 146 valence electrons. The van der Waals surface area contributed by atoms with Gasteiger partial charge in [0.25, 0.3) is 0 Å². The molecule has 1 fully saturated rings. The van der Waals surface area contributed by atoms with E-state index in [1.807, 2.05) is 60.7 Å². The molecule has 0 heterocycles. The van der Waals surface area contributed by atoms with E-state index in [4.69, 9.17) is 4.74 Å². The number of rotatable bonds is 7. The number of hydrogen-bond donors (Lipinski definition) is 2. The summed E-state index contributed by atoms with van der Waals surface area (Å²) in [6.07, 6.45) is 1.13. The lowest BCUT2D eigenvalue weighted by atomic mass is 10.0. The van der Waals surface area contributed by atoms with E-state index in [1.165, 1.54) is 0 Å². The molecular weight excluding hydrogens is 364 g/mol. The smallest absolute Gasteiger partial charge is 0.240 e. The number of anilines is 1. The van der Waals surface area contributed by atoms with Gasteiger partial charge in [0, 0.05) is 12.2 Å². The average molecular weight is 386 g/mol. The molecule has 29 heavy (non-hydrogen) atoms. The number of carbonyl (C=O) groups excluding carboxylic acids is 2. The summed E-state index contributed by atoms with van der Waals surface area (Å²) in [5.74, 6) is 0.940. The summed E-state index contributed by atoms with van der Waals surface area (Å²) in [6.45, 7) is 0.417. The zero-order chi connectivity index (χ0) is 20.1. The van der Waals surface area contributed by atoms with Crippen molar-refractivity contribution >= 4 is 17.5 Å². The maximum absolute atomic E-state index is 12.7. The van der Waals surface area contributed by atoms with Crippen LogP contribution < -0.4 is 15.4 Å². The first-order chi connectivity index (χ1) is 14.2. The van der Waals surface area contributed by atoms with Crippen LogP contribution in [0, 0.1) is 5.41 Å². The number of ether oxygens (including phenoxy) is 1. The third-order valence-corrected chi connectivity index (χ3v) is 5.01. The van der Waals surface area contributed by atoms with Crippen molar-refractivity contribution in [1.29, 1.82) is 0 Å². The molecule has 0 atom stereocenters. The Kier molecular flexibility index (Phi) is 5.29. The fourth-order valence-corrected chi connectivity index (χ4v) is 3.11. The lowest BCUT2D eigenvalue weighted by molar-refractivity contribution is -0.134. The van der Waals surface area contributed by atoms with Crippen LogP contribution >= 0.6 is 0 Å². The Morgan fingerprint density at radius 2 is 1.34 bits per heavy atom. The predicted octanol–water partition coefficient (Wildman–Crippen LogP) is 4.51. The first-order valence-electron chi connectivity index (χ1n) is 9.62. The summed E-state index contributed by atoms with van der Waals surface area (Å²) < 4.78 is 5.75. The summed E-state index contributed by atoms with van der Waals surface area (Å²) in [6, 6.07) is 26.3. The number of hydrogen-bond acceptors (Lipinski definition) is 3. The van der Waals surface area contributed by atoms with Gasteiger partial charge in [-0.05, 0) is 54.8 Å². The highest BCUT2D eigenvalue weighted by Gasteiger charge is 2.56. The Labute approximate surface area is 169 Å². The molecule has 0 aliphatic heterocycles. The zero-order valence-electron chi connectivity index (χ0n) is 15.9. The molecule has 2 N–H and O–H groups in total. The highest BCUT2D eigenvalue weighted by atomic mass is 16.5. The van der Waals surface area contributed by atoms with Crippen molar-refractivity contribution in [1.82, 2.24) is 5.32 Å². The fourth-order valence-electron chi connectivity index (χ4n) is 3.11. The van der Waals surface area contributed by atoms with Crippen LogP contribution in [0.4, 0.5) is 5.69 Å². The molecule has 0 saturated heterocycles. The monoisotopic (exact) mass is 386 g/mol. The Hall–Kier alpha value is -3.60. The van der Waals surface area contributed by atoms with E-state index in [0.29, 0.717) is 30.8 Å². The molecule has 3 aromatic carbocycles. The normalized spacial score (nSPS) is 13.9. The molecule has 0 aromatic heterocycles. The second-order valence-electron chi connectivity index (χ2n) is 7.14. The number of carbonyl (C=O) groups is 2. The van der Waals surface area contributed by atoms with Gasteiger partial charge in [-0.2, -0.15) is 0 Å². The molecule has 0 radical (unpaired) electrons. The highest BCUT2D eigenvalue weighted by molar-refractivity contribution is 6.13. The maximum atomic E-state index is 12.7. The molecule has 1 saturated carbocycles. The van der Waals surface area contributed by atoms with Gasteiger partial charge in [0.05, 0.1) is 0 Å². The lowest BCUT2D eigenvalue weighted by Crippen LogP contribution is -2.39. The molecule has 4 rings (SSSR count). The van der Waals surface area contributed by atoms with Gasteiger partial charge >= 0.3 is 0 Å². The van der Waals surface area contributed by atoms with Gasteiger partial charge in [0.15, 0.2) is 0 Å². The molecule has 5 nitrogen and oxygen atoms in total. The molecule has 0 bridgehead atoms. The van der Waals surface area contributed by atoms with Crippen LogP contribution in [0.5, 0.6) is 11.5 Å². The zero-order valence-corrected chi connectivity index (χ0v) is 15.9. The van der Waals surface area contributed by atoms with Crippen LogP contribution in [0.1, 0.15) is 18.4 Å². The van der Waals surface area contributed by atoms with Gasteiger partial charge in [0.2, 0.25) is 11.8 Å². The van der Waals surface area contributed by atoms with Crippen molar-refractivity contribution in [3.05, 3.63) is 90.5 Å². The predicted molar refractivity (Wildman–Crippen MR) is 112 cm³/mol. The number of amides is 2. The minimum absolute atomic E-state index is 0.220. The van der Waals surface area contributed by atoms with Crippen LogP contribution in [-0.4, -0.2) is 11.8 Å². The molecule has 0 unspecified atom stereocenters. The van der Waals surface area contributed by atoms with Crippen LogP contribution in [0.15, 0.2) is 84.9 Å². The third kappa shape index (κ3) is 4.46. The van der Waals surface area contributed by atoms with Crippen molar-refractivity contribution in [3.8, 4) is 11.5 Å². The van der Waals surface area contributed by atoms with E-state index >= 15 is 0 Å². The van der Waals surface area contributed by atoms with Crippen LogP contribution in [0.3, 0.4) is 0 Å². The van der Waals surface area contributed by atoms with E-state index in [1.54, 1.807) is 24.3 Å². The lowest BCUT2D eigenvalue weighted by Gasteiger charge is -2.16. The van der Waals surface area contributed by atoms with Crippen LogP contribution in [0.2, 0.25) is 0 Å². The maximum Gasteiger partial charge on any atom is 0.240 e. The third-order valence-electron chi connectivity index (χ3n) is 5.01. The van der Waals surface area contributed by atoms with Crippen molar-refractivity contribution in [2.75, 3.05) is 5.32 Å². The summed E-state index contributed by atoms with van der Waals surface area (Å²) in [7, 11) is 0. The fraction of sp³-hybridized carbons (Fsp3) is 0.167. The minimum Gasteiger partial charge on any atom is -0.457 e. The van der Waals surface area contributed by atoms with Crippen molar-refractivity contribution in [2.45, 2.75) is 19.4 Å². The van der Waals surface area contributed by atoms with Gasteiger partial charge in [-0.3, -0.25) is 9.59 Å². The Bertz CT molecular complexity index is 982. The van der Waals surface area contributed by atoms with Gasteiger partial charge in [-0.25, -0.2) is 0 Å². The Balaban J connectivity index is 1.34. The van der Waals surface area contributed by atoms with Gasteiger partial charge in [-0.1, -0.05) is 48.5 Å². The van der Waals surface area contributed by atoms with E-state index in [0.717, 1.165) is 11.3 Å². The Morgan fingerprint density at radius 1 is 0.759 bits per heavy atom. The molecule has 2 amide bonds. The molecule has 1 aliphatic carbocycles. The SMILES string of the molecule is O=C(NCc1ccccc1)C1(C(=O)Nc2ccc(Oc3ccccc3)cc2)CC1. The first kappa shape index (κ1) is 18.7. The second kappa shape index (κ2) is 8.19. The van der Waals surface area contributed by atoms with Gasteiger partial charge in [-0.15, -0.1) is 0 Å². The number of benzene rings is 3. The van der Waals surface area contributed by atoms with Crippen LogP contribution in [0.25, 0.3) is 0 Å². The van der Waals surface area contributed by atoms with Crippen molar-refractivity contribution in [3.63, 3.8) is 0 Å². The topological polar surface area (TPSA) is 67.4 Å². The van der Waals surface area contributed by atoms with Gasteiger partial charge in [0.1, 0.15) is 16.9 Å². The van der Waals surface area contributed by atoms with Crippen LogP contribution in [-0.2, 0) is 16.1 Å². The summed E-state index contributed by atoms with van der Waals surface area (Å²) in [5, 5.41) is 5.74.